The van der Waals surface area contributed by atoms with Crippen molar-refractivity contribution in [3.63, 3.8) is 0 Å². The van der Waals surface area contributed by atoms with Gasteiger partial charge >= 0.3 is 5.97 Å². The first-order chi connectivity index (χ1) is 5.20. The smallest absolute Gasteiger partial charge is 0.333 e. The summed E-state index contributed by atoms with van der Waals surface area (Å²) in [4.78, 5) is 10.8. The lowest BCUT2D eigenvalue weighted by Gasteiger charge is -2.25. The Morgan fingerprint density at radius 1 is 1.82 bits per heavy atom. The van der Waals surface area contributed by atoms with Crippen LogP contribution in [-0.4, -0.2) is 25.3 Å². The summed E-state index contributed by atoms with van der Waals surface area (Å²) in [5.74, 6) is -0.333. The molecular weight excluding hydrogens is 144 g/mol. The third kappa shape index (κ3) is 2.35. The van der Waals surface area contributed by atoms with E-state index in [4.69, 9.17) is 9.47 Å². The molecule has 62 valence electrons. The maximum Gasteiger partial charge on any atom is 0.333 e. The van der Waals surface area contributed by atoms with Crippen molar-refractivity contribution in [2.75, 3.05) is 13.2 Å². The molecule has 0 saturated carbocycles. The van der Waals surface area contributed by atoms with E-state index in [0.717, 1.165) is 13.0 Å². The summed E-state index contributed by atoms with van der Waals surface area (Å²) in [7, 11) is 0. The van der Waals surface area contributed by atoms with Gasteiger partial charge in [-0.1, -0.05) is 6.58 Å². The number of rotatable bonds is 3. The highest BCUT2D eigenvalue weighted by Crippen LogP contribution is 2.11. The summed E-state index contributed by atoms with van der Waals surface area (Å²) < 4.78 is 9.90. The second-order valence-corrected chi connectivity index (χ2v) is 2.66. The second-order valence-electron chi connectivity index (χ2n) is 2.66. The molecule has 0 N–H and O–H groups in total. The minimum absolute atomic E-state index is 0.123. The predicted molar refractivity (Wildman–Crippen MR) is 40.1 cm³/mol. The van der Waals surface area contributed by atoms with Crippen LogP contribution in [0.1, 0.15) is 13.3 Å². The van der Waals surface area contributed by atoms with Crippen LogP contribution in [0.4, 0.5) is 0 Å². The van der Waals surface area contributed by atoms with Crippen LogP contribution in [0.15, 0.2) is 12.2 Å². The minimum atomic E-state index is -0.333. The van der Waals surface area contributed by atoms with Gasteiger partial charge in [0, 0.05) is 18.6 Å². The zero-order chi connectivity index (χ0) is 8.27. The molecule has 1 aliphatic rings. The van der Waals surface area contributed by atoms with Crippen LogP contribution in [0, 0.1) is 0 Å². The van der Waals surface area contributed by atoms with Crippen molar-refractivity contribution in [2.45, 2.75) is 19.4 Å². The lowest BCUT2D eigenvalue weighted by Crippen LogP contribution is -2.32. The van der Waals surface area contributed by atoms with Gasteiger partial charge in [-0.25, -0.2) is 4.79 Å². The first-order valence-electron chi connectivity index (χ1n) is 3.64. The Bertz CT molecular complexity index is 170. The van der Waals surface area contributed by atoms with E-state index in [1.807, 2.05) is 0 Å². The first-order valence-corrected chi connectivity index (χ1v) is 3.64. The molecule has 1 fully saturated rings. The van der Waals surface area contributed by atoms with Crippen molar-refractivity contribution >= 4 is 5.97 Å². The average molecular weight is 156 g/mol. The van der Waals surface area contributed by atoms with Gasteiger partial charge < -0.3 is 9.47 Å². The molecule has 0 spiro atoms. The summed E-state index contributed by atoms with van der Waals surface area (Å²) in [6, 6.07) is 0. The summed E-state index contributed by atoms with van der Waals surface area (Å²) in [6.45, 7) is 6.24. The topological polar surface area (TPSA) is 35.5 Å². The Hall–Kier alpha value is -0.830. The van der Waals surface area contributed by atoms with Crippen LogP contribution in [0.5, 0.6) is 0 Å². The molecular formula is C8H12O3. The lowest BCUT2D eigenvalue weighted by molar-refractivity contribution is -0.149. The maximum absolute atomic E-state index is 10.8. The van der Waals surface area contributed by atoms with Crippen molar-refractivity contribution in [3.8, 4) is 0 Å². The quantitative estimate of drug-likeness (QED) is 0.449. The molecule has 0 bridgehead atoms. The molecule has 1 heterocycles. The molecule has 3 heteroatoms. The molecule has 1 aliphatic heterocycles. The fourth-order valence-corrected chi connectivity index (χ4v) is 0.708. The van der Waals surface area contributed by atoms with Gasteiger partial charge in [0.25, 0.3) is 0 Å². The molecule has 1 saturated heterocycles. The van der Waals surface area contributed by atoms with Gasteiger partial charge in [-0.2, -0.15) is 0 Å². The molecule has 1 atom stereocenters. The predicted octanol–water partition coefficient (Wildman–Crippen LogP) is 0.895. The standard InChI is InChI=1S/C8H12O3/c1-6(2)8(9)11-5-7-3-4-10-7/h7H,1,3-5H2,2H3. The fourth-order valence-electron chi connectivity index (χ4n) is 0.708. The second kappa shape index (κ2) is 3.53. The number of carbonyl (C=O) groups is 1. The van der Waals surface area contributed by atoms with E-state index in [9.17, 15) is 4.79 Å². The van der Waals surface area contributed by atoms with Gasteiger partial charge in [0.15, 0.2) is 0 Å². The van der Waals surface area contributed by atoms with Crippen LogP contribution in [0.2, 0.25) is 0 Å². The third-order valence-electron chi connectivity index (χ3n) is 1.54. The summed E-state index contributed by atoms with van der Waals surface area (Å²) >= 11 is 0. The van der Waals surface area contributed by atoms with E-state index >= 15 is 0 Å². The van der Waals surface area contributed by atoms with Gasteiger partial charge in [0.2, 0.25) is 0 Å². The monoisotopic (exact) mass is 156 g/mol. The van der Waals surface area contributed by atoms with Crippen molar-refractivity contribution in [3.05, 3.63) is 12.2 Å². The van der Waals surface area contributed by atoms with Crippen molar-refractivity contribution in [1.82, 2.24) is 0 Å². The number of esters is 1. The van der Waals surface area contributed by atoms with Crippen molar-refractivity contribution < 1.29 is 14.3 Å². The number of carbonyl (C=O) groups excluding carboxylic acids is 1. The summed E-state index contributed by atoms with van der Waals surface area (Å²) in [5.41, 5.74) is 0.435. The molecule has 0 aromatic heterocycles. The normalized spacial score (nSPS) is 22.1. The highest BCUT2D eigenvalue weighted by molar-refractivity contribution is 5.86. The lowest BCUT2D eigenvalue weighted by atomic mass is 10.2. The Morgan fingerprint density at radius 3 is 2.82 bits per heavy atom. The maximum atomic E-state index is 10.8. The van der Waals surface area contributed by atoms with Crippen molar-refractivity contribution in [1.29, 1.82) is 0 Å². The Kier molecular flexibility index (Phi) is 2.65. The Morgan fingerprint density at radius 2 is 2.45 bits per heavy atom. The van der Waals surface area contributed by atoms with Gasteiger partial charge in [-0.3, -0.25) is 0 Å². The molecule has 0 aromatic rings. The zero-order valence-corrected chi connectivity index (χ0v) is 6.63. The fraction of sp³-hybridized carbons (Fsp3) is 0.625. The molecule has 0 amide bonds. The largest absolute Gasteiger partial charge is 0.460 e. The summed E-state index contributed by atoms with van der Waals surface area (Å²) in [5, 5.41) is 0. The van der Waals surface area contributed by atoms with Gasteiger partial charge in [-0.15, -0.1) is 0 Å². The summed E-state index contributed by atoms with van der Waals surface area (Å²) in [6.07, 6.45) is 1.11. The van der Waals surface area contributed by atoms with Crippen LogP contribution in [0.25, 0.3) is 0 Å². The number of hydrogen-bond donors (Lipinski definition) is 0. The molecule has 11 heavy (non-hydrogen) atoms. The Balaban J connectivity index is 2.10. The molecule has 1 unspecified atom stereocenters. The van der Waals surface area contributed by atoms with E-state index < -0.39 is 0 Å². The van der Waals surface area contributed by atoms with Crippen LogP contribution in [-0.2, 0) is 14.3 Å². The number of ether oxygens (including phenoxy) is 2. The number of hydrogen-bond acceptors (Lipinski definition) is 3. The molecule has 0 radical (unpaired) electrons. The molecule has 3 nitrogen and oxygen atoms in total. The van der Waals surface area contributed by atoms with Gasteiger partial charge in [-0.05, 0) is 6.92 Å². The highest BCUT2D eigenvalue weighted by atomic mass is 16.6. The first kappa shape index (κ1) is 8.27. The van der Waals surface area contributed by atoms with E-state index in [-0.39, 0.29) is 12.1 Å². The van der Waals surface area contributed by atoms with Crippen LogP contribution < -0.4 is 0 Å². The van der Waals surface area contributed by atoms with E-state index in [0.29, 0.717) is 12.2 Å². The van der Waals surface area contributed by atoms with Crippen molar-refractivity contribution in [2.24, 2.45) is 0 Å². The van der Waals surface area contributed by atoms with Crippen LogP contribution in [0.3, 0.4) is 0 Å². The van der Waals surface area contributed by atoms with Crippen LogP contribution >= 0.6 is 0 Å². The van der Waals surface area contributed by atoms with E-state index in [1.165, 1.54) is 0 Å². The minimum Gasteiger partial charge on any atom is -0.460 e. The molecule has 0 aliphatic carbocycles. The SMILES string of the molecule is C=C(C)C(=O)OCC1CCO1. The van der Waals surface area contributed by atoms with Gasteiger partial charge in [0.05, 0.1) is 6.10 Å². The molecule has 1 rings (SSSR count). The highest BCUT2D eigenvalue weighted by Gasteiger charge is 2.19. The average Bonchev–Trinajstić information content (AvgIpc) is 1.83. The van der Waals surface area contributed by atoms with E-state index in [2.05, 4.69) is 6.58 Å². The van der Waals surface area contributed by atoms with Gasteiger partial charge in [0.1, 0.15) is 6.61 Å². The molecule has 0 aromatic carbocycles. The Labute approximate surface area is 66.0 Å². The third-order valence-corrected chi connectivity index (χ3v) is 1.54. The van der Waals surface area contributed by atoms with E-state index in [1.54, 1.807) is 6.92 Å². The zero-order valence-electron chi connectivity index (χ0n) is 6.63.